The van der Waals surface area contributed by atoms with Crippen LogP contribution < -0.4 is 5.32 Å². The Morgan fingerprint density at radius 1 is 1.44 bits per heavy atom. The topological polar surface area (TPSA) is 50.2 Å². The van der Waals surface area contributed by atoms with E-state index in [0.717, 1.165) is 16.7 Å². The van der Waals surface area contributed by atoms with Crippen molar-refractivity contribution in [3.8, 4) is 0 Å². The molecule has 4 nitrogen and oxygen atoms in total. The van der Waals surface area contributed by atoms with Gasteiger partial charge in [0, 0.05) is 17.5 Å². The third kappa shape index (κ3) is 2.51. The van der Waals surface area contributed by atoms with Gasteiger partial charge in [-0.2, -0.15) is 0 Å². The minimum Gasteiger partial charge on any atom is -0.359 e. The van der Waals surface area contributed by atoms with Crippen LogP contribution in [0.25, 0.3) is 0 Å². The van der Waals surface area contributed by atoms with Gasteiger partial charge in [-0.1, -0.05) is 24.6 Å². The fourth-order valence-electron chi connectivity index (χ4n) is 2.66. The second-order valence-electron chi connectivity index (χ2n) is 5.12. The van der Waals surface area contributed by atoms with Gasteiger partial charge in [0.15, 0.2) is 5.17 Å². The van der Waals surface area contributed by atoms with E-state index in [-0.39, 0.29) is 0 Å². The second kappa shape index (κ2) is 4.88. The summed E-state index contributed by atoms with van der Waals surface area (Å²) in [5.41, 5.74) is 1.34. The van der Waals surface area contributed by atoms with Crippen LogP contribution >= 0.6 is 11.8 Å². The molecule has 1 aromatic heterocycles. The van der Waals surface area contributed by atoms with Gasteiger partial charge in [-0.15, -0.1) is 0 Å². The van der Waals surface area contributed by atoms with Crippen molar-refractivity contribution in [1.82, 2.24) is 15.3 Å². The van der Waals surface area contributed by atoms with E-state index in [4.69, 9.17) is 0 Å². The lowest BCUT2D eigenvalue weighted by atomic mass is 10.0. The molecule has 5 heteroatoms. The average Bonchev–Trinajstić information content (AvgIpc) is 2.98. The Labute approximate surface area is 112 Å². The minimum atomic E-state index is 0.352. The van der Waals surface area contributed by atoms with Crippen LogP contribution in [0.5, 0.6) is 0 Å². The average molecular weight is 262 g/mol. The molecule has 1 saturated heterocycles. The van der Waals surface area contributed by atoms with Crippen molar-refractivity contribution in [3.63, 3.8) is 0 Å². The van der Waals surface area contributed by atoms with E-state index in [1.54, 1.807) is 6.20 Å². The van der Waals surface area contributed by atoms with Gasteiger partial charge in [-0.25, -0.2) is 9.97 Å². The molecular weight excluding hydrogens is 244 g/mol. The Morgan fingerprint density at radius 2 is 2.28 bits per heavy atom. The molecular formula is C13H18N4S. The molecule has 0 amide bonds. The van der Waals surface area contributed by atoms with Crippen LogP contribution in [0.15, 0.2) is 17.3 Å². The molecule has 0 aromatic carbocycles. The van der Waals surface area contributed by atoms with E-state index in [0.29, 0.717) is 12.1 Å². The molecule has 0 unspecified atom stereocenters. The van der Waals surface area contributed by atoms with Crippen molar-refractivity contribution in [2.45, 2.75) is 44.7 Å². The number of aliphatic imine (C=N–C) groups is 1. The van der Waals surface area contributed by atoms with Crippen LogP contribution in [0.2, 0.25) is 0 Å². The normalized spacial score (nSPS) is 23.7. The molecule has 1 aliphatic carbocycles. The second-order valence-corrected chi connectivity index (χ2v) is 6.08. The molecule has 2 heterocycles. The Hall–Kier alpha value is -1.10. The van der Waals surface area contributed by atoms with E-state index in [1.165, 1.54) is 31.4 Å². The Balaban J connectivity index is 1.64. The fourth-order valence-corrected chi connectivity index (χ4v) is 3.88. The lowest BCUT2D eigenvalue weighted by molar-refractivity contribution is 0.452. The largest absolute Gasteiger partial charge is 0.359 e. The van der Waals surface area contributed by atoms with Crippen LogP contribution in [-0.4, -0.2) is 26.4 Å². The lowest BCUT2D eigenvalue weighted by Crippen LogP contribution is -2.40. The summed E-state index contributed by atoms with van der Waals surface area (Å²) in [6.07, 6.45) is 7.10. The summed E-state index contributed by atoms with van der Waals surface area (Å²) >= 11 is 1.86. The fraction of sp³-hybridized carbons (Fsp3) is 0.615. The molecule has 0 radical (unpaired) electrons. The van der Waals surface area contributed by atoms with Gasteiger partial charge in [-0.05, 0) is 25.8 Å². The minimum absolute atomic E-state index is 0.352. The number of rotatable bonds is 2. The highest BCUT2D eigenvalue weighted by Crippen LogP contribution is 2.37. The molecule has 18 heavy (non-hydrogen) atoms. The van der Waals surface area contributed by atoms with E-state index < -0.39 is 0 Å². The highest BCUT2D eigenvalue weighted by Gasteiger charge is 2.39. The molecule has 2 aliphatic rings. The smallest absolute Gasteiger partial charge is 0.157 e. The Morgan fingerprint density at radius 3 is 3.06 bits per heavy atom. The van der Waals surface area contributed by atoms with Gasteiger partial charge in [-0.3, -0.25) is 4.99 Å². The molecule has 1 aliphatic heterocycles. The van der Waals surface area contributed by atoms with Crippen molar-refractivity contribution in [2.75, 3.05) is 5.75 Å². The van der Waals surface area contributed by atoms with Crippen molar-refractivity contribution in [1.29, 1.82) is 0 Å². The first-order valence-corrected chi connectivity index (χ1v) is 7.48. The van der Waals surface area contributed by atoms with Gasteiger partial charge in [0.25, 0.3) is 0 Å². The van der Waals surface area contributed by atoms with Crippen molar-refractivity contribution < 1.29 is 0 Å². The van der Waals surface area contributed by atoms with Crippen LogP contribution in [0.4, 0.5) is 0 Å². The number of aryl methyl sites for hydroxylation is 1. The van der Waals surface area contributed by atoms with Crippen LogP contribution in [0.3, 0.4) is 0 Å². The van der Waals surface area contributed by atoms with Crippen LogP contribution in [-0.2, 0) is 6.54 Å². The number of hydrogen-bond donors (Lipinski definition) is 1. The summed E-state index contributed by atoms with van der Waals surface area (Å²) in [7, 11) is 0. The number of nitrogens with one attached hydrogen (secondary N) is 1. The summed E-state index contributed by atoms with van der Waals surface area (Å²) < 4.78 is 0. The molecule has 0 atom stereocenters. The maximum absolute atomic E-state index is 4.63. The number of thioether (sulfide) groups is 1. The quantitative estimate of drug-likeness (QED) is 0.888. The zero-order valence-electron chi connectivity index (χ0n) is 10.6. The van der Waals surface area contributed by atoms with E-state index >= 15 is 0 Å². The summed E-state index contributed by atoms with van der Waals surface area (Å²) in [5.74, 6) is 1.99. The molecule has 1 N–H and O–H groups in total. The zero-order chi connectivity index (χ0) is 12.4. The van der Waals surface area contributed by atoms with Crippen molar-refractivity contribution >= 4 is 16.9 Å². The maximum atomic E-state index is 4.63. The number of nitrogens with zero attached hydrogens (tertiary/aromatic N) is 3. The molecule has 2 fully saturated rings. The number of aromatic nitrogens is 2. The summed E-state index contributed by atoms with van der Waals surface area (Å²) in [6, 6.07) is 1.93. The number of amidine groups is 1. The van der Waals surface area contributed by atoms with E-state index in [9.17, 15) is 0 Å². The summed E-state index contributed by atoms with van der Waals surface area (Å²) in [4.78, 5) is 13.1. The zero-order valence-corrected chi connectivity index (χ0v) is 11.5. The predicted octanol–water partition coefficient (Wildman–Crippen LogP) is 2.29. The SMILES string of the molecule is Cc1nccc(CN=C2NC3(CCCC3)CS2)n1. The predicted molar refractivity (Wildman–Crippen MR) is 74.7 cm³/mol. The Kier molecular flexibility index (Phi) is 3.24. The third-order valence-electron chi connectivity index (χ3n) is 3.64. The molecule has 96 valence electrons. The van der Waals surface area contributed by atoms with Gasteiger partial charge in [0.2, 0.25) is 0 Å². The molecule has 3 rings (SSSR count). The third-order valence-corrected chi connectivity index (χ3v) is 4.84. The van der Waals surface area contributed by atoms with E-state index in [2.05, 4.69) is 20.3 Å². The highest BCUT2D eigenvalue weighted by atomic mass is 32.2. The molecule has 1 saturated carbocycles. The lowest BCUT2D eigenvalue weighted by Gasteiger charge is -2.21. The Bertz CT molecular complexity index is 466. The van der Waals surface area contributed by atoms with Crippen LogP contribution in [0.1, 0.15) is 37.2 Å². The van der Waals surface area contributed by atoms with Crippen molar-refractivity contribution in [2.24, 2.45) is 4.99 Å². The first kappa shape index (κ1) is 12.0. The maximum Gasteiger partial charge on any atom is 0.157 e. The van der Waals surface area contributed by atoms with Gasteiger partial charge >= 0.3 is 0 Å². The first-order chi connectivity index (χ1) is 8.76. The van der Waals surface area contributed by atoms with Gasteiger partial charge in [0.1, 0.15) is 5.82 Å². The summed E-state index contributed by atoms with van der Waals surface area (Å²) in [6.45, 7) is 2.56. The van der Waals surface area contributed by atoms with Gasteiger partial charge in [0.05, 0.1) is 12.2 Å². The highest BCUT2D eigenvalue weighted by molar-refractivity contribution is 8.14. The number of hydrogen-bond acceptors (Lipinski definition) is 4. The molecule has 1 spiro atoms. The standard InChI is InChI=1S/C13H18N4S/c1-10-14-7-4-11(16-10)8-15-12-17-13(9-18-12)5-2-3-6-13/h4,7H,2-3,5-6,8-9H2,1H3,(H,15,17). The van der Waals surface area contributed by atoms with E-state index in [1.807, 2.05) is 24.8 Å². The van der Waals surface area contributed by atoms with Gasteiger partial charge < -0.3 is 5.32 Å². The monoisotopic (exact) mass is 262 g/mol. The molecule has 0 bridgehead atoms. The van der Waals surface area contributed by atoms with Crippen LogP contribution in [0, 0.1) is 6.92 Å². The first-order valence-electron chi connectivity index (χ1n) is 6.50. The molecule has 1 aromatic rings. The van der Waals surface area contributed by atoms with Crippen molar-refractivity contribution in [3.05, 3.63) is 23.8 Å². The summed E-state index contributed by atoms with van der Waals surface area (Å²) in [5, 5.41) is 4.71.